The molecule has 1 saturated heterocycles. The molecule has 0 bridgehead atoms. The molecule has 0 radical (unpaired) electrons. The molecule has 19 heavy (non-hydrogen) atoms. The molecule has 2 rings (SSSR count). The van der Waals surface area contributed by atoms with E-state index in [9.17, 15) is 8.42 Å². The van der Waals surface area contributed by atoms with Crippen LogP contribution in [0.15, 0.2) is 15.7 Å². The van der Waals surface area contributed by atoms with E-state index in [-0.39, 0.29) is 12.6 Å². The summed E-state index contributed by atoms with van der Waals surface area (Å²) in [4.78, 5) is 2.08. The molecule has 7 heteroatoms. The van der Waals surface area contributed by atoms with Crippen LogP contribution in [0.4, 0.5) is 0 Å². The second-order valence-electron chi connectivity index (χ2n) is 5.05. The van der Waals surface area contributed by atoms with E-state index in [4.69, 9.17) is 5.11 Å². The second-order valence-corrected chi connectivity index (χ2v) is 8.13. The van der Waals surface area contributed by atoms with E-state index in [1.54, 1.807) is 15.8 Å². The number of thiophene rings is 1. The van der Waals surface area contributed by atoms with Gasteiger partial charge in [-0.05, 0) is 43.9 Å². The summed E-state index contributed by atoms with van der Waals surface area (Å²) in [5.74, 6) is 0. The molecular weight excluding hydrogens is 284 g/mol. The van der Waals surface area contributed by atoms with Crippen molar-refractivity contribution in [2.75, 3.05) is 27.2 Å². The van der Waals surface area contributed by atoms with E-state index < -0.39 is 10.0 Å². The second kappa shape index (κ2) is 5.88. The Morgan fingerprint density at radius 1 is 1.53 bits per heavy atom. The highest BCUT2D eigenvalue weighted by Crippen LogP contribution is 2.27. The number of aliphatic hydroxyl groups is 1. The van der Waals surface area contributed by atoms with Crippen molar-refractivity contribution in [3.8, 4) is 0 Å². The number of piperidine rings is 1. The van der Waals surface area contributed by atoms with Crippen LogP contribution in [-0.4, -0.2) is 56.0 Å². The Morgan fingerprint density at radius 2 is 2.26 bits per heavy atom. The van der Waals surface area contributed by atoms with Gasteiger partial charge < -0.3 is 10.0 Å². The summed E-state index contributed by atoms with van der Waals surface area (Å²) in [6.45, 7) is 1.01. The van der Waals surface area contributed by atoms with E-state index in [1.165, 1.54) is 11.3 Å². The lowest BCUT2D eigenvalue weighted by atomic mass is 10.1. The number of likely N-dealkylation sites (N-methyl/N-ethyl adjacent to an activating group) is 1. The molecule has 1 aromatic heterocycles. The molecule has 2 heterocycles. The van der Waals surface area contributed by atoms with Gasteiger partial charge in [0.2, 0.25) is 0 Å². The SMILES string of the molecule is CN(C)C1CCCN(S(=O)(=O)c2cc(CO)cs2)C1. The van der Waals surface area contributed by atoms with Crippen molar-refractivity contribution >= 4 is 21.4 Å². The van der Waals surface area contributed by atoms with Crippen molar-refractivity contribution < 1.29 is 13.5 Å². The van der Waals surface area contributed by atoms with Crippen LogP contribution in [0.1, 0.15) is 18.4 Å². The number of hydrogen-bond acceptors (Lipinski definition) is 5. The zero-order chi connectivity index (χ0) is 14.0. The average molecular weight is 304 g/mol. The van der Waals surface area contributed by atoms with Crippen molar-refractivity contribution in [1.29, 1.82) is 0 Å². The summed E-state index contributed by atoms with van der Waals surface area (Å²) in [6, 6.07) is 1.85. The maximum absolute atomic E-state index is 12.5. The third-order valence-electron chi connectivity index (χ3n) is 3.50. The smallest absolute Gasteiger partial charge is 0.252 e. The predicted octanol–water partition coefficient (Wildman–Crippen LogP) is 0.955. The van der Waals surface area contributed by atoms with E-state index in [0.717, 1.165) is 12.8 Å². The molecule has 0 aromatic carbocycles. The Kier molecular flexibility index (Phi) is 4.62. The average Bonchev–Trinajstić information content (AvgIpc) is 2.88. The van der Waals surface area contributed by atoms with Crippen LogP contribution in [0, 0.1) is 0 Å². The molecule has 1 aromatic rings. The van der Waals surface area contributed by atoms with Crippen LogP contribution < -0.4 is 0 Å². The van der Waals surface area contributed by atoms with E-state index >= 15 is 0 Å². The molecular formula is C12H20N2O3S2. The standard InChI is InChI=1S/C12H20N2O3S2/c1-13(2)11-4-3-5-14(7-11)19(16,17)12-6-10(8-15)9-18-12/h6,9,11,15H,3-5,7-8H2,1-2H3. The molecule has 1 atom stereocenters. The number of hydrogen-bond donors (Lipinski definition) is 1. The zero-order valence-corrected chi connectivity index (χ0v) is 12.9. The molecule has 1 unspecified atom stereocenters. The van der Waals surface area contributed by atoms with Gasteiger partial charge >= 0.3 is 0 Å². The Labute approximate surface area is 118 Å². The van der Waals surface area contributed by atoms with Crippen molar-refractivity contribution in [2.24, 2.45) is 0 Å². The van der Waals surface area contributed by atoms with Gasteiger partial charge in [0.25, 0.3) is 10.0 Å². The van der Waals surface area contributed by atoms with Crippen LogP contribution in [0.3, 0.4) is 0 Å². The maximum atomic E-state index is 12.5. The first kappa shape index (κ1) is 14.9. The lowest BCUT2D eigenvalue weighted by Gasteiger charge is -2.35. The Hall–Kier alpha value is -0.470. The van der Waals surface area contributed by atoms with Gasteiger partial charge in [0.15, 0.2) is 0 Å². The van der Waals surface area contributed by atoms with Gasteiger partial charge in [-0.1, -0.05) is 0 Å². The van der Waals surface area contributed by atoms with Crippen molar-refractivity contribution in [3.63, 3.8) is 0 Å². The molecule has 1 fully saturated rings. The van der Waals surface area contributed by atoms with Gasteiger partial charge in [0.1, 0.15) is 4.21 Å². The Balaban J connectivity index is 2.19. The van der Waals surface area contributed by atoms with Crippen LogP contribution >= 0.6 is 11.3 Å². The van der Waals surface area contributed by atoms with Gasteiger partial charge in [0.05, 0.1) is 6.61 Å². The van der Waals surface area contributed by atoms with Crippen molar-refractivity contribution in [3.05, 3.63) is 17.0 Å². The number of aliphatic hydroxyl groups excluding tert-OH is 1. The van der Waals surface area contributed by atoms with Crippen LogP contribution in [-0.2, 0) is 16.6 Å². The topological polar surface area (TPSA) is 60.9 Å². The molecule has 1 aliphatic rings. The van der Waals surface area contributed by atoms with Gasteiger partial charge in [-0.15, -0.1) is 11.3 Å². The highest BCUT2D eigenvalue weighted by Gasteiger charge is 2.31. The quantitative estimate of drug-likeness (QED) is 0.900. The van der Waals surface area contributed by atoms with E-state index in [0.29, 0.717) is 22.9 Å². The minimum absolute atomic E-state index is 0.119. The first-order valence-corrected chi connectivity index (χ1v) is 8.62. The molecule has 5 nitrogen and oxygen atoms in total. The fourth-order valence-electron chi connectivity index (χ4n) is 2.26. The summed E-state index contributed by atoms with van der Waals surface area (Å²) in [6.07, 6.45) is 1.92. The van der Waals surface area contributed by atoms with Crippen molar-refractivity contribution in [2.45, 2.75) is 29.7 Å². The summed E-state index contributed by atoms with van der Waals surface area (Å²) in [7, 11) is 0.560. The van der Waals surface area contributed by atoms with Gasteiger partial charge in [-0.2, -0.15) is 4.31 Å². The number of sulfonamides is 1. The maximum Gasteiger partial charge on any atom is 0.252 e. The Morgan fingerprint density at radius 3 is 2.84 bits per heavy atom. The van der Waals surface area contributed by atoms with Crippen LogP contribution in [0.5, 0.6) is 0 Å². The highest BCUT2D eigenvalue weighted by atomic mass is 32.2. The molecule has 1 aliphatic heterocycles. The van der Waals surface area contributed by atoms with Crippen LogP contribution in [0.25, 0.3) is 0 Å². The van der Waals surface area contributed by atoms with Crippen LogP contribution in [0.2, 0.25) is 0 Å². The molecule has 1 N–H and O–H groups in total. The predicted molar refractivity (Wildman–Crippen MR) is 75.7 cm³/mol. The summed E-state index contributed by atoms with van der Waals surface area (Å²) < 4.78 is 26.9. The molecule has 0 saturated carbocycles. The van der Waals surface area contributed by atoms with Gasteiger partial charge in [-0.3, -0.25) is 0 Å². The molecule has 0 amide bonds. The molecule has 108 valence electrons. The highest BCUT2D eigenvalue weighted by molar-refractivity contribution is 7.91. The largest absolute Gasteiger partial charge is 0.392 e. The number of rotatable bonds is 4. The normalized spacial score (nSPS) is 22.0. The lowest BCUT2D eigenvalue weighted by Crippen LogP contribution is -2.47. The lowest BCUT2D eigenvalue weighted by molar-refractivity contribution is 0.190. The minimum Gasteiger partial charge on any atom is -0.392 e. The molecule has 0 aliphatic carbocycles. The minimum atomic E-state index is -3.40. The fraction of sp³-hybridized carbons (Fsp3) is 0.667. The van der Waals surface area contributed by atoms with Gasteiger partial charge in [0, 0.05) is 19.1 Å². The fourth-order valence-corrected chi connectivity index (χ4v) is 5.13. The monoisotopic (exact) mass is 304 g/mol. The third kappa shape index (κ3) is 3.17. The van der Waals surface area contributed by atoms with E-state index in [2.05, 4.69) is 4.90 Å². The van der Waals surface area contributed by atoms with Gasteiger partial charge in [-0.25, -0.2) is 8.42 Å². The summed E-state index contributed by atoms with van der Waals surface area (Å²) in [5, 5.41) is 10.7. The molecule has 0 spiro atoms. The third-order valence-corrected chi connectivity index (χ3v) is 6.83. The summed E-state index contributed by atoms with van der Waals surface area (Å²) >= 11 is 1.18. The van der Waals surface area contributed by atoms with E-state index in [1.807, 2.05) is 14.1 Å². The van der Waals surface area contributed by atoms with Crippen molar-refractivity contribution in [1.82, 2.24) is 9.21 Å². The zero-order valence-electron chi connectivity index (χ0n) is 11.2. The number of nitrogens with zero attached hydrogens (tertiary/aromatic N) is 2. The Bertz CT molecular complexity index is 525. The summed E-state index contributed by atoms with van der Waals surface area (Å²) in [5.41, 5.74) is 0.657. The first-order chi connectivity index (χ1) is 8.95. The first-order valence-electron chi connectivity index (χ1n) is 6.30.